The number of aliphatic hydroxyl groups excluding tert-OH is 1. The Balaban J connectivity index is 2.14. The van der Waals surface area contributed by atoms with Crippen molar-refractivity contribution in [2.45, 2.75) is 6.04 Å². The number of amides is 1. The third kappa shape index (κ3) is 3.72. The largest absolute Gasteiger partial charge is 0.507 e. The third-order valence-corrected chi connectivity index (χ3v) is 4.63. The first-order valence-corrected chi connectivity index (χ1v) is 8.60. The standard InChI is InChI=1S/C20H17ClFNO4/c1-27-11-10-23-17(12-4-8-15(22)9-5-12)16(19(25)20(23)26)18(24)13-2-6-14(21)7-3-13/h2-9,17,24H,10-11H2,1H3/b18-16+/t17-/m0/s1. The fraction of sp³-hybridized carbons (Fsp3) is 0.200. The number of carbonyl (C=O) groups is 2. The molecular formula is C20H17ClFNO4. The first-order valence-electron chi connectivity index (χ1n) is 8.22. The molecule has 140 valence electrons. The predicted octanol–water partition coefficient (Wildman–Crippen LogP) is 3.55. The Bertz CT molecular complexity index is 893. The van der Waals surface area contributed by atoms with Crippen LogP contribution < -0.4 is 0 Å². The summed E-state index contributed by atoms with van der Waals surface area (Å²) in [7, 11) is 1.48. The molecule has 1 fully saturated rings. The number of ketones is 1. The Kier molecular flexibility index (Phi) is 5.58. The number of hydrogen-bond donors (Lipinski definition) is 1. The third-order valence-electron chi connectivity index (χ3n) is 4.38. The Morgan fingerprint density at radius 1 is 1.15 bits per heavy atom. The molecule has 1 aliphatic rings. The molecule has 0 unspecified atom stereocenters. The van der Waals surface area contributed by atoms with Crippen molar-refractivity contribution < 1.29 is 23.8 Å². The van der Waals surface area contributed by atoms with Crippen molar-refractivity contribution in [2.24, 2.45) is 0 Å². The molecule has 1 amide bonds. The molecule has 7 heteroatoms. The van der Waals surface area contributed by atoms with E-state index >= 15 is 0 Å². The SMILES string of the molecule is COCCN1C(=O)C(=O)/C(=C(/O)c2ccc(Cl)cc2)[C@@H]1c1ccc(F)cc1. The van der Waals surface area contributed by atoms with Gasteiger partial charge in [0, 0.05) is 24.2 Å². The molecule has 1 aliphatic heterocycles. The summed E-state index contributed by atoms with van der Waals surface area (Å²) < 4.78 is 18.4. The van der Waals surface area contributed by atoms with Crippen LogP contribution in [0.25, 0.3) is 5.76 Å². The highest BCUT2D eigenvalue weighted by Gasteiger charge is 2.45. The van der Waals surface area contributed by atoms with Crippen molar-refractivity contribution in [3.05, 3.63) is 76.1 Å². The van der Waals surface area contributed by atoms with Crippen molar-refractivity contribution >= 4 is 29.1 Å². The van der Waals surface area contributed by atoms with Crippen LogP contribution in [0.1, 0.15) is 17.2 Å². The van der Waals surface area contributed by atoms with Gasteiger partial charge in [0.15, 0.2) is 0 Å². The first kappa shape index (κ1) is 19.1. The monoisotopic (exact) mass is 389 g/mol. The zero-order valence-corrected chi connectivity index (χ0v) is 15.2. The summed E-state index contributed by atoms with van der Waals surface area (Å²) in [5.41, 5.74) is 0.823. The topological polar surface area (TPSA) is 66.8 Å². The van der Waals surface area contributed by atoms with E-state index in [1.807, 2.05) is 0 Å². The van der Waals surface area contributed by atoms with Gasteiger partial charge in [0.25, 0.3) is 11.7 Å². The smallest absolute Gasteiger partial charge is 0.295 e. The summed E-state index contributed by atoms with van der Waals surface area (Å²) in [6.45, 7) is 0.367. The lowest BCUT2D eigenvalue weighted by Crippen LogP contribution is -2.32. The number of aliphatic hydroxyl groups is 1. The lowest BCUT2D eigenvalue weighted by atomic mass is 9.95. The lowest BCUT2D eigenvalue weighted by Gasteiger charge is -2.25. The summed E-state index contributed by atoms with van der Waals surface area (Å²) >= 11 is 5.87. The van der Waals surface area contributed by atoms with E-state index < -0.39 is 23.5 Å². The molecule has 0 bridgehead atoms. The van der Waals surface area contributed by atoms with Crippen LogP contribution in [0.2, 0.25) is 5.02 Å². The van der Waals surface area contributed by atoms with Gasteiger partial charge >= 0.3 is 0 Å². The van der Waals surface area contributed by atoms with Crippen LogP contribution >= 0.6 is 11.6 Å². The number of carbonyl (C=O) groups excluding carboxylic acids is 2. The average Bonchev–Trinajstić information content (AvgIpc) is 2.91. The van der Waals surface area contributed by atoms with E-state index in [2.05, 4.69) is 0 Å². The van der Waals surface area contributed by atoms with Crippen LogP contribution in [0.3, 0.4) is 0 Å². The maximum absolute atomic E-state index is 13.3. The molecule has 0 aromatic heterocycles. The molecule has 1 saturated heterocycles. The first-order chi connectivity index (χ1) is 12.9. The average molecular weight is 390 g/mol. The van der Waals surface area contributed by atoms with Crippen molar-refractivity contribution in [3.63, 3.8) is 0 Å². The van der Waals surface area contributed by atoms with E-state index in [-0.39, 0.29) is 24.5 Å². The molecular weight excluding hydrogens is 373 g/mol. The molecule has 0 spiro atoms. The van der Waals surface area contributed by atoms with E-state index in [0.717, 1.165) is 0 Å². The van der Waals surface area contributed by atoms with Crippen molar-refractivity contribution in [3.8, 4) is 0 Å². The number of likely N-dealkylation sites (tertiary alicyclic amines) is 1. The molecule has 0 saturated carbocycles. The van der Waals surface area contributed by atoms with Gasteiger partial charge in [0.2, 0.25) is 0 Å². The normalized spacial score (nSPS) is 18.9. The summed E-state index contributed by atoms with van der Waals surface area (Å²) in [5.74, 6) is -2.28. The Morgan fingerprint density at radius 3 is 2.37 bits per heavy atom. The zero-order chi connectivity index (χ0) is 19.6. The zero-order valence-electron chi connectivity index (χ0n) is 14.5. The highest BCUT2D eigenvalue weighted by Crippen LogP contribution is 2.39. The highest BCUT2D eigenvalue weighted by molar-refractivity contribution is 6.46. The maximum atomic E-state index is 13.3. The maximum Gasteiger partial charge on any atom is 0.295 e. The molecule has 1 atom stereocenters. The molecule has 2 aromatic rings. The van der Waals surface area contributed by atoms with Crippen molar-refractivity contribution in [2.75, 3.05) is 20.3 Å². The lowest BCUT2D eigenvalue weighted by molar-refractivity contribution is -0.140. The fourth-order valence-electron chi connectivity index (χ4n) is 3.06. The van der Waals surface area contributed by atoms with Gasteiger partial charge in [0.1, 0.15) is 11.6 Å². The molecule has 0 radical (unpaired) electrons. The summed E-state index contributed by atoms with van der Waals surface area (Å²) in [6, 6.07) is 10.9. The Morgan fingerprint density at radius 2 is 1.78 bits per heavy atom. The van der Waals surface area contributed by atoms with Gasteiger partial charge in [-0.15, -0.1) is 0 Å². The summed E-state index contributed by atoms with van der Waals surface area (Å²) in [5, 5.41) is 11.2. The number of nitrogens with zero attached hydrogens (tertiary/aromatic N) is 1. The second-order valence-corrected chi connectivity index (χ2v) is 6.48. The van der Waals surface area contributed by atoms with Crippen LogP contribution in [0.15, 0.2) is 54.1 Å². The Hall–Kier alpha value is -2.70. The van der Waals surface area contributed by atoms with Gasteiger partial charge in [0.05, 0.1) is 18.2 Å². The molecule has 3 rings (SSSR count). The minimum absolute atomic E-state index is 0.0509. The quantitative estimate of drug-likeness (QED) is 0.482. The van der Waals surface area contributed by atoms with Crippen LogP contribution in [0, 0.1) is 5.82 Å². The van der Waals surface area contributed by atoms with E-state index in [9.17, 15) is 19.1 Å². The molecule has 0 aliphatic carbocycles. The van der Waals surface area contributed by atoms with Gasteiger partial charge in [-0.3, -0.25) is 9.59 Å². The Labute approximate surface area is 160 Å². The van der Waals surface area contributed by atoms with Gasteiger partial charge in [-0.05, 0) is 42.0 Å². The van der Waals surface area contributed by atoms with Crippen molar-refractivity contribution in [1.29, 1.82) is 0 Å². The van der Waals surface area contributed by atoms with Crippen LogP contribution in [0.4, 0.5) is 4.39 Å². The van der Waals surface area contributed by atoms with Gasteiger partial charge in [-0.2, -0.15) is 0 Å². The van der Waals surface area contributed by atoms with E-state index in [4.69, 9.17) is 16.3 Å². The molecule has 5 nitrogen and oxygen atoms in total. The van der Waals surface area contributed by atoms with Crippen LogP contribution in [-0.4, -0.2) is 42.0 Å². The molecule has 27 heavy (non-hydrogen) atoms. The number of benzene rings is 2. The number of halogens is 2. The number of methoxy groups -OCH3 is 1. The minimum atomic E-state index is -0.837. The van der Waals surface area contributed by atoms with Crippen molar-refractivity contribution in [1.82, 2.24) is 4.90 Å². The summed E-state index contributed by atoms with van der Waals surface area (Å²) in [4.78, 5) is 26.5. The molecule has 1 heterocycles. The van der Waals surface area contributed by atoms with E-state index in [1.54, 1.807) is 24.3 Å². The number of Topliss-reactive ketones (excluding diaryl/α,β-unsaturated/α-hetero) is 1. The minimum Gasteiger partial charge on any atom is -0.507 e. The van der Waals surface area contributed by atoms with E-state index in [1.165, 1.54) is 36.3 Å². The van der Waals surface area contributed by atoms with Crippen LogP contribution in [0.5, 0.6) is 0 Å². The number of ether oxygens (including phenoxy) is 1. The second kappa shape index (κ2) is 7.90. The summed E-state index contributed by atoms with van der Waals surface area (Å²) in [6.07, 6.45) is 0. The second-order valence-electron chi connectivity index (χ2n) is 6.04. The molecule has 2 aromatic carbocycles. The van der Waals surface area contributed by atoms with E-state index in [0.29, 0.717) is 16.1 Å². The fourth-order valence-corrected chi connectivity index (χ4v) is 3.18. The van der Waals surface area contributed by atoms with Gasteiger partial charge in [-0.1, -0.05) is 23.7 Å². The highest BCUT2D eigenvalue weighted by atomic mass is 35.5. The molecule has 1 N–H and O–H groups in total. The van der Waals surface area contributed by atoms with Crippen LogP contribution in [-0.2, 0) is 14.3 Å². The predicted molar refractivity (Wildman–Crippen MR) is 98.7 cm³/mol. The number of hydrogen-bond acceptors (Lipinski definition) is 4. The number of rotatable bonds is 5. The van der Waals surface area contributed by atoms with Gasteiger partial charge < -0.3 is 14.7 Å². The van der Waals surface area contributed by atoms with Gasteiger partial charge in [-0.25, -0.2) is 4.39 Å².